The van der Waals surface area contributed by atoms with Crippen molar-refractivity contribution in [3.63, 3.8) is 0 Å². The fourth-order valence-electron chi connectivity index (χ4n) is 3.51. The summed E-state index contributed by atoms with van der Waals surface area (Å²) in [5.74, 6) is 0.585. The molecule has 2 heterocycles. The van der Waals surface area contributed by atoms with Crippen LogP contribution in [0.25, 0.3) is 0 Å². The lowest BCUT2D eigenvalue weighted by molar-refractivity contribution is 0.0186. The first-order valence-corrected chi connectivity index (χ1v) is 10.1. The van der Waals surface area contributed by atoms with Crippen LogP contribution in [-0.2, 0) is 4.74 Å². The average molecular weight is 510 g/mol. The minimum Gasteiger partial charge on any atom is -0.444 e. The predicted molar refractivity (Wildman–Crippen MR) is 124 cm³/mol. The molecular formula is C19H39IN6O2. The molecule has 2 N–H and O–H groups in total. The van der Waals surface area contributed by atoms with E-state index in [0.717, 1.165) is 26.2 Å². The molecule has 0 aromatic rings. The summed E-state index contributed by atoms with van der Waals surface area (Å²) in [6.45, 7) is 12.2. The maximum atomic E-state index is 12.1. The number of guanidine groups is 1. The lowest BCUT2D eigenvalue weighted by Crippen LogP contribution is -2.53. The second-order valence-electron chi connectivity index (χ2n) is 8.73. The van der Waals surface area contributed by atoms with Crippen LogP contribution < -0.4 is 5.73 Å². The molecule has 2 aliphatic heterocycles. The van der Waals surface area contributed by atoms with Crippen molar-refractivity contribution in [2.75, 3.05) is 66.5 Å². The van der Waals surface area contributed by atoms with Crippen LogP contribution in [0.15, 0.2) is 4.99 Å². The number of nitrogens with zero attached hydrogens (tertiary/aromatic N) is 5. The van der Waals surface area contributed by atoms with E-state index < -0.39 is 5.60 Å². The number of piperazine rings is 1. The molecule has 0 saturated carbocycles. The fourth-order valence-corrected chi connectivity index (χ4v) is 3.51. The molecule has 0 radical (unpaired) electrons. The van der Waals surface area contributed by atoms with E-state index in [-0.39, 0.29) is 30.1 Å². The molecule has 8 nitrogen and oxygen atoms in total. The topological polar surface area (TPSA) is 77.6 Å². The van der Waals surface area contributed by atoms with Crippen LogP contribution in [0.4, 0.5) is 4.79 Å². The molecule has 1 amide bonds. The Morgan fingerprint density at radius 3 is 2.11 bits per heavy atom. The maximum absolute atomic E-state index is 12.1. The van der Waals surface area contributed by atoms with Gasteiger partial charge < -0.3 is 30.1 Å². The van der Waals surface area contributed by atoms with Gasteiger partial charge in [0.05, 0.1) is 6.54 Å². The van der Waals surface area contributed by atoms with Crippen LogP contribution in [0, 0.1) is 0 Å². The Hall–Kier alpha value is -0.810. The second-order valence-corrected chi connectivity index (χ2v) is 8.73. The highest BCUT2D eigenvalue weighted by Gasteiger charge is 2.26. The molecule has 2 aliphatic rings. The van der Waals surface area contributed by atoms with E-state index in [1.165, 1.54) is 12.8 Å². The van der Waals surface area contributed by atoms with Crippen molar-refractivity contribution < 1.29 is 9.53 Å². The third kappa shape index (κ3) is 8.28. The predicted octanol–water partition coefficient (Wildman–Crippen LogP) is 1.50. The Morgan fingerprint density at radius 1 is 1.07 bits per heavy atom. The van der Waals surface area contributed by atoms with E-state index in [1.807, 2.05) is 20.8 Å². The summed E-state index contributed by atoms with van der Waals surface area (Å²) < 4.78 is 5.43. The van der Waals surface area contributed by atoms with Gasteiger partial charge in [0.25, 0.3) is 0 Å². The Balaban J connectivity index is 0.00000392. The zero-order valence-corrected chi connectivity index (χ0v) is 20.5. The van der Waals surface area contributed by atoms with Gasteiger partial charge in [-0.05, 0) is 60.8 Å². The largest absolute Gasteiger partial charge is 0.444 e. The molecule has 2 saturated heterocycles. The van der Waals surface area contributed by atoms with E-state index in [2.05, 4.69) is 33.8 Å². The molecule has 0 aliphatic carbocycles. The zero-order valence-electron chi connectivity index (χ0n) is 18.2. The van der Waals surface area contributed by atoms with Crippen molar-refractivity contribution >= 4 is 36.0 Å². The standard InChI is InChI=1S/C19H38N6O2.HI/c1-19(2,3)27-18(26)25-14-12-24(13-15-25)17(20)21-8-11-23-9-6-16(7-10-23)22(4)5;/h16H,6-15H2,1-5H3,(H2,20,21);1H. The Morgan fingerprint density at radius 2 is 1.61 bits per heavy atom. The summed E-state index contributed by atoms with van der Waals surface area (Å²) in [5.41, 5.74) is 5.70. The number of ether oxygens (including phenoxy) is 1. The monoisotopic (exact) mass is 510 g/mol. The summed E-state index contributed by atoms with van der Waals surface area (Å²) in [7, 11) is 4.32. The zero-order chi connectivity index (χ0) is 20.0. The molecule has 0 aromatic heterocycles. The van der Waals surface area contributed by atoms with E-state index >= 15 is 0 Å². The number of hydrogen-bond acceptors (Lipinski definition) is 5. The van der Waals surface area contributed by atoms with E-state index in [0.29, 0.717) is 38.2 Å². The molecule has 2 fully saturated rings. The SMILES string of the molecule is CN(C)C1CCN(CCN=C(N)N2CCN(C(=O)OC(C)(C)C)CC2)CC1.I. The average Bonchev–Trinajstić information content (AvgIpc) is 2.60. The molecule has 0 bridgehead atoms. The van der Waals surface area contributed by atoms with Gasteiger partial charge >= 0.3 is 6.09 Å². The minimum absolute atomic E-state index is 0. The minimum atomic E-state index is -0.463. The van der Waals surface area contributed by atoms with Gasteiger partial charge in [-0.15, -0.1) is 24.0 Å². The maximum Gasteiger partial charge on any atom is 0.410 e. The summed E-state index contributed by atoms with van der Waals surface area (Å²) in [6, 6.07) is 0.705. The number of hydrogen-bond donors (Lipinski definition) is 1. The number of halogens is 1. The van der Waals surface area contributed by atoms with Crippen molar-refractivity contribution in [1.82, 2.24) is 19.6 Å². The highest BCUT2D eigenvalue weighted by molar-refractivity contribution is 14.0. The summed E-state index contributed by atoms with van der Waals surface area (Å²) in [6.07, 6.45) is 2.19. The smallest absolute Gasteiger partial charge is 0.410 e. The highest BCUT2D eigenvalue weighted by atomic mass is 127. The Bertz CT molecular complexity index is 507. The van der Waals surface area contributed by atoms with Gasteiger partial charge in [-0.25, -0.2) is 4.79 Å². The van der Waals surface area contributed by atoms with Crippen LogP contribution in [0.1, 0.15) is 33.6 Å². The molecule has 2 rings (SSSR count). The van der Waals surface area contributed by atoms with Crippen LogP contribution in [-0.4, -0.2) is 110 Å². The number of amides is 1. The number of carbonyl (C=O) groups excluding carboxylic acids is 1. The molecule has 9 heteroatoms. The van der Waals surface area contributed by atoms with Crippen molar-refractivity contribution in [1.29, 1.82) is 0 Å². The van der Waals surface area contributed by atoms with Crippen molar-refractivity contribution in [3.8, 4) is 0 Å². The lowest BCUT2D eigenvalue weighted by Gasteiger charge is -2.36. The van der Waals surface area contributed by atoms with Crippen molar-refractivity contribution in [2.45, 2.75) is 45.3 Å². The number of aliphatic imine (C=N–C) groups is 1. The van der Waals surface area contributed by atoms with Gasteiger partial charge in [0, 0.05) is 38.8 Å². The van der Waals surface area contributed by atoms with Gasteiger partial charge in [-0.1, -0.05) is 0 Å². The number of carbonyl (C=O) groups is 1. The Labute approximate surface area is 187 Å². The Kier molecular flexibility index (Phi) is 10.3. The van der Waals surface area contributed by atoms with Gasteiger partial charge in [0.2, 0.25) is 0 Å². The number of likely N-dealkylation sites (tertiary alicyclic amines) is 1. The number of nitrogens with two attached hydrogens (primary N) is 1. The third-order valence-corrected chi connectivity index (χ3v) is 5.23. The van der Waals surface area contributed by atoms with E-state index in [9.17, 15) is 4.79 Å². The van der Waals surface area contributed by atoms with Crippen molar-refractivity contribution in [2.24, 2.45) is 10.7 Å². The van der Waals surface area contributed by atoms with Crippen LogP contribution >= 0.6 is 24.0 Å². The molecule has 0 unspecified atom stereocenters. The van der Waals surface area contributed by atoms with Crippen LogP contribution in [0.5, 0.6) is 0 Å². The van der Waals surface area contributed by atoms with Gasteiger partial charge in [0.1, 0.15) is 5.60 Å². The van der Waals surface area contributed by atoms with Crippen LogP contribution in [0.2, 0.25) is 0 Å². The second kappa shape index (κ2) is 11.4. The molecule has 0 atom stereocenters. The van der Waals surface area contributed by atoms with Crippen molar-refractivity contribution in [3.05, 3.63) is 0 Å². The van der Waals surface area contributed by atoms with Crippen LogP contribution in [0.3, 0.4) is 0 Å². The van der Waals surface area contributed by atoms with Gasteiger partial charge in [0.15, 0.2) is 5.96 Å². The van der Waals surface area contributed by atoms with Gasteiger partial charge in [-0.2, -0.15) is 0 Å². The highest BCUT2D eigenvalue weighted by Crippen LogP contribution is 2.14. The number of rotatable bonds is 4. The van der Waals surface area contributed by atoms with E-state index in [1.54, 1.807) is 4.90 Å². The summed E-state index contributed by atoms with van der Waals surface area (Å²) in [5, 5.41) is 0. The molecule has 0 spiro atoms. The molecule has 0 aromatic carbocycles. The van der Waals surface area contributed by atoms with E-state index in [4.69, 9.17) is 10.5 Å². The first kappa shape index (κ1) is 25.2. The third-order valence-electron chi connectivity index (χ3n) is 5.23. The first-order chi connectivity index (χ1) is 12.7. The quantitative estimate of drug-likeness (QED) is 0.351. The summed E-state index contributed by atoms with van der Waals surface area (Å²) in [4.78, 5) is 25.3. The lowest BCUT2D eigenvalue weighted by atomic mass is 10.0. The normalized spacial score (nSPS) is 20.3. The first-order valence-electron chi connectivity index (χ1n) is 10.1. The number of piperidine rings is 1. The molecule has 28 heavy (non-hydrogen) atoms. The molecule has 164 valence electrons. The van der Waals surface area contributed by atoms with Gasteiger partial charge in [-0.3, -0.25) is 4.99 Å². The molecular weight excluding hydrogens is 471 g/mol. The fraction of sp³-hybridized carbons (Fsp3) is 0.895. The summed E-state index contributed by atoms with van der Waals surface area (Å²) >= 11 is 0.